The van der Waals surface area contributed by atoms with Crippen molar-refractivity contribution >= 4 is 29.1 Å². The molecular formula is C16H9ClN2O2. The van der Waals surface area contributed by atoms with Crippen LogP contribution in [0.1, 0.15) is 31.8 Å². The van der Waals surface area contributed by atoms with Crippen LogP contribution in [0.25, 0.3) is 0 Å². The number of hydrogen-bond donors (Lipinski definition) is 0. The lowest BCUT2D eigenvalue weighted by atomic mass is 10.1. The Morgan fingerprint density at radius 2 is 1.67 bits per heavy atom. The second kappa shape index (κ2) is 4.72. The topological polar surface area (TPSA) is 61.2 Å². The highest BCUT2D eigenvalue weighted by atomic mass is 35.5. The van der Waals surface area contributed by atoms with Gasteiger partial charge in [0.15, 0.2) is 0 Å². The number of nitrogens with zero attached hydrogens (tertiary/aromatic N) is 2. The second-order valence-corrected chi connectivity index (χ2v) is 5.13. The van der Waals surface area contributed by atoms with Crippen LogP contribution < -0.4 is 4.90 Å². The number of fused-ring (bicyclic) bond motifs is 1. The van der Waals surface area contributed by atoms with Crippen molar-refractivity contribution in [3.8, 4) is 6.07 Å². The molecule has 21 heavy (non-hydrogen) atoms. The molecule has 2 aromatic rings. The summed E-state index contributed by atoms with van der Waals surface area (Å²) in [5.41, 5.74) is 1.85. The maximum Gasteiger partial charge on any atom is 0.266 e. The molecule has 0 aliphatic carbocycles. The molecule has 0 N–H and O–H groups in total. The number of hydrogen-bond acceptors (Lipinski definition) is 3. The maximum absolute atomic E-state index is 12.4. The number of halogens is 1. The van der Waals surface area contributed by atoms with Gasteiger partial charge < -0.3 is 0 Å². The highest BCUT2D eigenvalue weighted by Crippen LogP contribution is 2.33. The van der Waals surface area contributed by atoms with E-state index < -0.39 is 11.8 Å². The predicted octanol–water partition coefficient (Wildman–Crippen LogP) is 3.32. The molecule has 0 unspecified atom stereocenters. The largest absolute Gasteiger partial charge is 0.268 e. The fourth-order valence-electron chi connectivity index (χ4n) is 2.35. The smallest absolute Gasteiger partial charge is 0.266 e. The molecule has 0 aromatic heterocycles. The number of imide groups is 1. The van der Waals surface area contributed by atoms with E-state index in [1.807, 2.05) is 6.07 Å². The van der Waals surface area contributed by atoms with Gasteiger partial charge in [-0.3, -0.25) is 9.59 Å². The van der Waals surface area contributed by atoms with Crippen molar-refractivity contribution in [2.75, 3.05) is 4.90 Å². The zero-order valence-corrected chi connectivity index (χ0v) is 11.8. The van der Waals surface area contributed by atoms with E-state index >= 15 is 0 Å². The lowest BCUT2D eigenvalue weighted by Gasteiger charge is -2.16. The molecule has 0 saturated heterocycles. The van der Waals surface area contributed by atoms with Gasteiger partial charge in [0, 0.05) is 5.02 Å². The van der Waals surface area contributed by atoms with Gasteiger partial charge in [-0.2, -0.15) is 5.26 Å². The van der Waals surface area contributed by atoms with E-state index in [0.29, 0.717) is 21.7 Å². The van der Waals surface area contributed by atoms with Gasteiger partial charge in [-0.05, 0) is 36.8 Å². The second-order valence-electron chi connectivity index (χ2n) is 4.72. The monoisotopic (exact) mass is 296 g/mol. The summed E-state index contributed by atoms with van der Waals surface area (Å²) in [4.78, 5) is 25.9. The van der Waals surface area contributed by atoms with Crippen molar-refractivity contribution in [2.45, 2.75) is 6.92 Å². The van der Waals surface area contributed by atoms with Crippen LogP contribution in [0.2, 0.25) is 5.02 Å². The number of anilines is 1. The molecule has 0 spiro atoms. The van der Waals surface area contributed by atoms with E-state index in [0.717, 1.165) is 4.90 Å². The van der Waals surface area contributed by atoms with Gasteiger partial charge in [-0.25, -0.2) is 4.90 Å². The van der Waals surface area contributed by atoms with Crippen LogP contribution in [-0.4, -0.2) is 11.8 Å². The first-order valence-electron chi connectivity index (χ1n) is 6.22. The summed E-state index contributed by atoms with van der Waals surface area (Å²) in [6, 6.07) is 11.6. The maximum atomic E-state index is 12.4. The van der Waals surface area contributed by atoms with Gasteiger partial charge in [0.25, 0.3) is 11.8 Å². The van der Waals surface area contributed by atoms with E-state index in [4.69, 9.17) is 11.6 Å². The Morgan fingerprint density at radius 3 is 2.19 bits per heavy atom. The van der Waals surface area contributed by atoms with E-state index in [-0.39, 0.29) is 11.3 Å². The number of nitriles is 1. The average Bonchev–Trinajstić information content (AvgIpc) is 2.74. The van der Waals surface area contributed by atoms with Gasteiger partial charge in [-0.15, -0.1) is 0 Å². The molecule has 1 aliphatic rings. The van der Waals surface area contributed by atoms with Crippen LogP contribution in [0.15, 0.2) is 36.4 Å². The van der Waals surface area contributed by atoms with Gasteiger partial charge in [-0.1, -0.05) is 23.7 Å². The summed E-state index contributed by atoms with van der Waals surface area (Å²) in [6.07, 6.45) is 0. The van der Waals surface area contributed by atoms with Crippen LogP contribution in [0.5, 0.6) is 0 Å². The quantitative estimate of drug-likeness (QED) is 0.758. The van der Waals surface area contributed by atoms with Gasteiger partial charge in [0.1, 0.15) is 6.07 Å². The Balaban J connectivity index is 2.20. The number of carbonyl (C=O) groups is 2. The number of rotatable bonds is 1. The molecule has 1 heterocycles. The van der Waals surface area contributed by atoms with Crippen molar-refractivity contribution in [2.24, 2.45) is 0 Å². The molecule has 0 radical (unpaired) electrons. The SMILES string of the molecule is Cc1cc(C#N)c(N2C(=O)c3ccccc3C2=O)cc1Cl. The van der Waals surface area contributed by atoms with Crippen LogP contribution in [-0.2, 0) is 0 Å². The fourth-order valence-corrected chi connectivity index (χ4v) is 2.51. The number of amides is 2. The van der Waals surface area contributed by atoms with Crippen LogP contribution in [0.4, 0.5) is 5.69 Å². The fraction of sp³-hybridized carbons (Fsp3) is 0.0625. The lowest BCUT2D eigenvalue weighted by molar-refractivity contribution is 0.0926. The van der Waals surface area contributed by atoms with Crippen LogP contribution in [0, 0.1) is 18.3 Å². The van der Waals surface area contributed by atoms with Crippen molar-refractivity contribution in [1.82, 2.24) is 0 Å². The Bertz CT molecular complexity index is 802. The molecule has 102 valence electrons. The molecule has 2 amide bonds. The number of aryl methyl sites for hydroxylation is 1. The summed E-state index contributed by atoms with van der Waals surface area (Å²) in [5.74, 6) is -0.876. The first-order chi connectivity index (χ1) is 10.0. The predicted molar refractivity (Wildman–Crippen MR) is 78.5 cm³/mol. The zero-order chi connectivity index (χ0) is 15.1. The number of carbonyl (C=O) groups excluding carboxylic acids is 2. The van der Waals surface area contributed by atoms with Crippen LogP contribution >= 0.6 is 11.6 Å². The van der Waals surface area contributed by atoms with E-state index in [1.54, 1.807) is 37.3 Å². The first-order valence-corrected chi connectivity index (χ1v) is 6.60. The Hall–Kier alpha value is -2.64. The molecule has 5 heteroatoms. The first kappa shape index (κ1) is 13.3. The average molecular weight is 297 g/mol. The van der Waals surface area contributed by atoms with Gasteiger partial charge in [0.05, 0.1) is 22.4 Å². The highest BCUT2D eigenvalue weighted by Gasteiger charge is 2.37. The molecule has 1 aliphatic heterocycles. The Morgan fingerprint density at radius 1 is 1.10 bits per heavy atom. The van der Waals surface area contributed by atoms with Gasteiger partial charge >= 0.3 is 0 Å². The molecule has 4 nitrogen and oxygen atoms in total. The Labute approximate surface area is 126 Å². The third-order valence-electron chi connectivity index (χ3n) is 3.43. The third-order valence-corrected chi connectivity index (χ3v) is 3.84. The van der Waals surface area contributed by atoms with Crippen LogP contribution in [0.3, 0.4) is 0 Å². The van der Waals surface area contributed by atoms with Crippen molar-refractivity contribution in [3.63, 3.8) is 0 Å². The Kier molecular flexibility index (Phi) is 3.00. The van der Waals surface area contributed by atoms with E-state index in [1.165, 1.54) is 6.07 Å². The van der Waals surface area contributed by atoms with Crippen molar-refractivity contribution in [3.05, 3.63) is 63.7 Å². The molecule has 3 rings (SSSR count). The molecule has 0 bridgehead atoms. The summed E-state index contributed by atoms with van der Waals surface area (Å²) in [5, 5.41) is 9.64. The summed E-state index contributed by atoms with van der Waals surface area (Å²) in [6.45, 7) is 1.76. The van der Waals surface area contributed by atoms with Gasteiger partial charge in [0.2, 0.25) is 0 Å². The molecule has 0 atom stereocenters. The zero-order valence-electron chi connectivity index (χ0n) is 11.1. The lowest BCUT2D eigenvalue weighted by Crippen LogP contribution is -2.30. The van der Waals surface area contributed by atoms with E-state index in [9.17, 15) is 14.9 Å². The summed E-state index contributed by atoms with van der Waals surface area (Å²) < 4.78 is 0. The molecular weight excluding hydrogens is 288 g/mol. The van der Waals surface area contributed by atoms with E-state index in [2.05, 4.69) is 0 Å². The normalized spacial score (nSPS) is 13.3. The highest BCUT2D eigenvalue weighted by molar-refractivity contribution is 6.36. The standard InChI is InChI=1S/C16H9ClN2O2/c1-9-6-10(8-18)14(7-13(9)17)19-15(20)11-4-2-3-5-12(11)16(19)21/h2-7H,1H3. The summed E-state index contributed by atoms with van der Waals surface area (Å²) >= 11 is 6.07. The minimum Gasteiger partial charge on any atom is -0.268 e. The molecule has 0 fully saturated rings. The minimum absolute atomic E-state index is 0.222. The third kappa shape index (κ3) is 1.91. The number of benzene rings is 2. The van der Waals surface area contributed by atoms with Crippen molar-refractivity contribution < 1.29 is 9.59 Å². The minimum atomic E-state index is -0.438. The van der Waals surface area contributed by atoms with Crippen molar-refractivity contribution in [1.29, 1.82) is 5.26 Å². The summed E-state index contributed by atoms with van der Waals surface area (Å²) in [7, 11) is 0. The molecule has 2 aromatic carbocycles. The molecule has 0 saturated carbocycles.